The van der Waals surface area contributed by atoms with Crippen LogP contribution in [0.15, 0.2) is 66.9 Å². The van der Waals surface area contributed by atoms with Crippen molar-refractivity contribution in [1.82, 2.24) is 20.1 Å². The molecule has 2 aromatic carbocycles. The van der Waals surface area contributed by atoms with Crippen LogP contribution in [0, 0.1) is 0 Å². The van der Waals surface area contributed by atoms with E-state index in [9.17, 15) is 13.2 Å². The normalized spacial score (nSPS) is 12.6. The van der Waals surface area contributed by atoms with Crippen LogP contribution in [-0.4, -0.2) is 35.3 Å². The smallest absolute Gasteiger partial charge is 0.252 e. The third kappa shape index (κ3) is 5.09. The Morgan fingerprint density at radius 2 is 1.74 bits per heavy atom. The van der Waals surface area contributed by atoms with Crippen molar-refractivity contribution < 1.29 is 13.2 Å². The number of carbonyl (C=O) groups excluding carboxylic acids is 1. The molecule has 0 aliphatic rings. The number of rotatable bonds is 7. The summed E-state index contributed by atoms with van der Waals surface area (Å²) in [4.78, 5) is 18.2. The number of carbonyl (C=O) groups is 1. The summed E-state index contributed by atoms with van der Waals surface area (Å²) in [5, 5.41) is 8.17. The standard InChI is InChI=1S/C25H27N5O3S/c1-16(2)30-24-22(15-26-30)21(14-23(28-24)18-9-6-5-7-10-18)25(31)27-17(3)19-11-8-12-20(13-19)29-34(4,32)33/h5-17,29H,1-4H3,(H,27,31). The number of hydrogen-bond donors (Lipinski definition) is 2. The van der Waals surface area contributed by atoms with Crippen LogP contribution < -0.4 is 10.0 Å². The molecule has 4 rings (SSSR count). The molecule has 8 nitrogen and oxygen atoms in total. The average molecular weight is 478 g/mol. The minimum absolute atomic E-state index is 0.0796. The molecule has 4 aromatic rings. The summed E-state index contributed by atoms with van der Waals surface area (Å²) in [6.45, 7) is 5.89. The van der Waals surface area contributed by atoms with E-state index >= 15 is 0 Å². The monoisotopic (exact) mass is 477 g/mol. The Bertz CT molecular complexity index is 1450. The van der Waals surface area contributed by atoms with Gasteiger partial charge in [0.05, 0.1) is 35.1 Å². The van der Waals surface area contributed by atoms with E-state index in [0.717, 1.165) is 17.4 Å². The SMILES string of the molecule is CC(NC(=O)c1cc(-c2ccccc2)nc2c1cnn2C(C)C)c1cccc(NS(C)(=O)=O)c1. The predicted molar refractivity (Wildman–Crippen MR) is 134 cm³/mol. The van der Waals surface area contributed by atoms with Crippen molar-refractivity contribution in [2.75, 3.05) is 11.0 Å². The Kier molecular flexibility index (Phi) is 6.39. The molecule has 1 unspecified atom stereocenters. The highest BCUT2D eigenvalue weighted by Gasteiger charge is 2.20. The van der Waals surface area contributed by atoms with Crippen molar-refractivity contribution in [3.63, 3.8) is 0 Å². The highest BCUT2D eigenvalue weighted by Crippen LogP contribution is 2.27. The van der Waals surface area contributed by atoms with Gasteiger partial charge < -0.3 is 5.32 Å². The Morgan fingerprint density at radius 3 is 2.41 bits per heavy atom. The molecule has 2 N–H and O–H groups in total. The molecule has 0 saturated heterocycles. The Labute approximate surface area is 199 Å². The summed E-state index contributed by atoms with van der Waals surface area (Å²) in [6, 6.07) is 18.2. The second-order valence-corrected chi connectivity index (χ2v) is 10.3. The third-order valence-corrected chi connectivity index (χ3v) is 6.01. The third-order valence-electron chi connectivity index (χ3n) is 5.41. The number of sulfonamides is 1. The van der Waals surface area contributed by atoms with Gasteiger partial charge in [-0.2, -0.15) is 5.10 Å². The molecule has 9 heteroatoms. The van der Waals surface area contributed by atoms with E-state index in [1.54, 1.807) is 30.5 Å². The lowest BCUT2D eigenvalue weighted by Gasteiger charge is -2.17. The molecule has 34 heavy (non-hydrogen) atoms. The van der Waals surface area contributed by atoms with Gasteiger partial charge in [0.25, 0.3) is 5.91 Å². The van der Waals surface area contributed by atoms with Crippen molar-refractivity contribution in [2.24, 2.45) is 0 Å². The summed E-state index contributed by atoms with van der Waals surface area (Å²) < 4.78 is 27.4. The van der Waals surface area contributed by atoms with Crippen molar-refractivity contribution >= 4 is 32.7 Å². The van der Waals surface area contributed by atoms with Crippen LogP contribution in [0.2, 0.25) is 0 Å². The topological polar surface area (TPSA) is 106 Å². The second kappa shape index (κ2) is 9.26. The van der Waals surface area contributed by atoms with Crippen LogP contribution in [0.5, 0.6) is 0 Å². The van der Waals surface area contributed by atoms with E-state index in [0.29, 0.717) is 28.0 Å². The van der Waals surface area contributed by atoms with Crippen LogP contribution in [-0.2, 0) is 10.0 Å². The van der Waals surface area contributed by atoms with Crippen LogP contribution >= 0.6 is 0 Å². The van der Waals surface area contributed by atoms with Crippen LogP contribution in [0.3, 0.4) is 0 Å². The molecule has 1 atom stereocenters. The number of aromatic nitrogens is 3. The predicted octanol–water partition coefficient (Wildman–Crippen LogP) is 4.54. The van der Waals surface area contributed by atoms with Crippen LogP contribution in [0.1, 0.15) is 48.8 Å². The molecular weight excluding hydrogens is 450 g/mol. The molecule has 0 radical (unpaired) electrons. The Balaban J connectivity index is 1.70. The summed E-state index contributed by atoms with van der Waals surface area (Å²) in [5.74, 6) is -0.262. The van der Waals surface area contributed by atoms with Gasteiger partial charge in [0, 0.05) is 17.3 Å². The Hall–Kier alpha value is -3.72. The van der Waals surface area contributed by atoms with Crippen molar-refractivity contribution in [2.45, 2.75) is 32.9 Å². The van der Waals surface area contributed by atoms with E-state index < -0.39 is 10.0 Å². The molecule has 1 amide bonds. The largest absolute Gasteiger partial charge is 0.345 e. The van der Waals surface area contributed by atoms with Crippen LogP contribution in [0.25, 0.3) is 22.3 Å². The number of fused-ring (bicyclic) bond motifs is 1. The summed E-state index contributed by atoms with van der Waals surface area (Å²) >= 11 is 0. The van der Waals surface area contributed by atoms with Gasteiger partial charge in [0.2, 0.25) is 10.0 Å². The van der Waals surface area contributed by atoms with E-state index in [2.05, 4.69) is 15.1 Å². The molecule has 0 spiro atoms. The highest BCUT2D eigenvalue weighted by atomic mass is 32.2. The maximum atomic E-state index is 13.4. The number of hydrogen-bond acceptors (Lipinski definition) is 5. The average Bonchev–Trinajstić information content (AvgIpc) is 3.22. The number of nitrogens with zero attached hydrogens (tertiary/aromatic N) is 3. The van der Waals surface area contributed by atoms with Gasteiger partial charge in [0.1, 0.15) is 0 Å². The maximum absolute atomic E-state index is 13.4. The van der Waals surface area contributed by atoms with Gasteiger partial charge in [-0.1, -0.05) is 42.5 Å². The number of nitrogens with one attached hydrogen (secondary N) is 2. The zero-order chi connectivity index (χ0) is 24.5. The molecule has 176 valence electrons. The zero-order valence-electron chi connectivity index (χ0n) is 19.5. The molecule has 0 fully saturated rings. The molecule has 0 aliphatic heterocycles. The lowest BCUT2D eigenvalue weighted by Crippen LogP contribution is -2.27. The summed E-state index contributed by atoms with van der Waals surface area (Å²) in [7, 11) is -3.40. The minimum Gasteiger partial charge on any atom is -0.345 e. The van der Waals surface area contributed by atoms with Gasteiger partial charge in [-0.25, -0.2) is 18.1 Å². The first kappa shape index (κ1) is 23.4. The minimum atomic E-state index is -3.40. The number of pyridine rings is 1. The quantitative estimate of drug-likeness (QED) is 0.406. The van der Waals surface area contributed by atoms with Gasteiger partial charge >= 0.3 is 0 Å². The lowest BCUT2D eigenvalue weighted by atomic mass is 10.0. The number of benzene rings is 2. The molecule has 2 heterocycles. The lowest BCUT2D eigenvalue weighted by molar-refractivity contribution is 0.0941. The van der Waals surface area contributed by atoms with Gasteiger partial charge in [0.15, 0.2) is 5.65 Å². The second-order valence-electron chi connectivity index (χ2n) is 8.54. The summed E-state index contributed by atoms with van der Waals surface area (Å²) in [6.07, 6.45) is 2.77. The molecule has 0 bridgehead atoms. The highest BCUT2D eigenvalue weighted by molar-refractivity contribution is 7.92. The van der Waals surface area contributed by atoms with Crippen molar-refractivity contribution in [1.29, 1.82) is 0 Å². The van der Waals surface area contributed by atoms with Crippen molar-refractivity contribution in [3.8, 4) is 11.3 Å². The van der Waals surface area contributed by atoms with E-state index in [1.165, 1.54) is 0 Å². The van der Waals surface area contributed by atoms with Gasteiger partial charge in [-0.15, -0.1) is 0 Å². The first-order valence-electron chi connectivity index (χ1n) is 10.9. The first-order chi connectivity index (χ1) is 16.1. The van der Waals surface area contributed by atoms with Gasteiger partial charge in [-0.3, -0.25) is 9.52 Å². The first-order valence-corrected chi connectivity index (χ1v) is 12.8. The van der Waals surface area contributed by atoms with E-state index in [4.69, 9.17) is 4.98 Å². The molecule has 0 aliphatic carbocycles. The fourth-order valence-corrected chi connectivity index (χ4v) is 4.34. The Morgan fingerprint density at radius 1 is 1.00 bits per heavy atom. The van der Waals surface area contributed by atoms with Crippen molar-refractivity contribution in [3.05, 3.63) is 78.0 Å². The maximum Gasteiger partial charge on any atom is 0.252 e. The van der Waals surface area contributed by atoms with E-state index in [1.807, 2.05) is 61.9 Å². The molecule has 2 aromatic heterocycles. The summed E-state index contributed by atoms with van der Waals surface area (Å²) in [5.41, 5.74) is 3.93. The fourth-order valence-electron chi connectivity index (χ4n) is 3.78. The fraction of sp³-hybridized carbons (Fsp3) is 0.240. The van der Waals surface area contributed by atoms with Crippen LogP contribution in [0.4, 0.5) is 5.69 Å². The number of anilines is 1. The molecule has 0 saturated carbocycles. The molecular formula is C25H27N5O3S. The van der Waals surface area contributed by atoms with E-state index in [-0.39, 0.29) is 18.0 Å². The number of amides is 1. The zero-order valence-corrected chi connectivity index (χ0v) is 20.3. The van der Waals surface area contributed by atoms with Gasteiger partial charge in [-0.05, 0) is 44.5 Å².